The smallest absolute Gasteiger partial charge is 0.162 e. The number of nitrogens with zero attached hydrogens (tertiary/aromatic N) is 2. The number of ketones is 1. The minimum Gasteiger partial charge on any atom is -0.294 e. The van der Waals surface area contributed by atoms with Crippen LogP contribution in [0.15, 0.2) is 30.5 Å². The van der Waals surface area contributed by atoms with E-state index in [1.165, 1.54) is 24.3 Å². The van der Waals surface area contributed by atoms with Crippen molar-refractivity contribution < 1.29 is 9.18 Å². The van der Waals surface area contributed by atoms with Crippen LogP contribution in [0.2, 0.25) is 5.02 Å². The first-order chi connectivity index (χ1) is 9.06. The van der Waals surface area contributed by atoms with E-state index < -0.39 is 0 Å². The molecule has 0 N–H and O–H groups in total. The molecule has 19 heavy (non-hydrogen) atoms. The fraction of sp³-hybridized carbons (Fsp3) is 0.286. The molecule has 0 aliphatic carbocycles. The molecule has 0 saturated heterocycles. The number of benzene rings is 1. The van der Waals surface area contributed by atoms with Gasteiger partial charge in [-0.3, -0.25) is 9.48 Å². The number of carbonyl (C=O) groups is 1. The number of hydrogen-bond acceptors (Lipinski definition) is 2. The van der Waals surface area contributed by atoms with Crippen molar-refractivity contribution in [2.75, 3.05) is 0 Å². The van der Waals surface area contributed by atoms with Crippen molar-refractivity contribution in [3.8, 4) is 0 Å². The molecule has 0 spiro atoms. The summed E-state index contributed by atoms with van der Waals surface area (Å²) in [6.07, 6.45) is 2.83. The highest BCUT2D eigenvalue weighted by Crippen LogP contribution is 2.13. The predicted octanol–water partition coefficient (Wildman–Crippen LogP) is 3.65. The Morgan fingerprint density at radius 1 is 1.37 bits per heavy atom. The molecule has 0 amide bonds. The van der Waals surface area contributed by atoms with Crippen molar-refractivity contribution in [1.82, 2.24) is 9.78 Å². The summed E-state index contributed by atoms with van der Waals surface area (Å²) in [6, 6.07) is 5.60. The van der Waals surface area contributed by atoms with Crippen molar-refractivity contribution in [2.24, 2.45) is 0 Å². The molecule has 1 aromatic heterocycles. The van der Waals surface area contributed by atoms with Gasteiger partial charge < -0.3 is 0 Å². The lowest BCUT2D eigenvalue weighted by Gasteiger charge is -2.02. The molecule has 1 heterocycles. The maximum absolute atomic E-state index is 12.7. The Hall–Kier alpha value is -1.68. The van der Waals surface area contributed by atoms with Crippen molar-refractivity contribution in [3.05, 3.63) is 52.6 Å². The summed E-state index contributed by atoms with van der Waals surface area (Å²) in [5.41, 5.74) is 1.32. The molecule has 100 valence electrons. The van der Waals surface area contributed by atoms with Crippen molar-refractivity contribution >= 4 is 17.4 Å². The van der Waals surface area contributed by atoms with Crippen LogP contribution >= 0.6 is 11.6 Å². The molecular formula is C14H14ClFN2O. The van der Waals surface area contributed by atoms with Gasteiger partial charge in [-0.15, -0.1) is 0 Å². The van der Waals surface area contributed by atoms with Crippen LogP contribution in [0.4, 0.5) is 4.39 Å². The van der Waals surface area contributed by atoms with E-state index in [-0.39, 0.29) is 11.6 Å². The predicted molar refractivity (Wildman–Crippen MR) is 71.9 cm³/mol. The first kappa shape index (κ1) is 13.7. The highest BCUT2D eigenvalue weighted by molar-refractivity contribution is 6.31. The molecule has 0 radical (unpaired) electrons. The van der Waals surface area contributed by atoms with Gasteiger partial charge in [0.05, 0.1) is 10.7 Å². The van der Waals surface area contributed by atoms with Crippen LogP contribution in [-0.2, 0) is 6.54 Å². The molecule has 3 nitrogen and oxygen atoms in total. The zero-order chi connectivity index (χ0) is 13.8. The number of aromatic nitrogens is 2. The van der Waals surface area contributed by atoms with Crippen molar-refractivity contribution in [1.29, 1.82) is 0 Å². The number of halogens is 2. The van der Waals surface area contributed by atoms with Crippen LogP contribution in [-0.4, -0.2) is 15.6 Å². The largest absolute Gasteiger partial charge is 0.294 e. The summed E-state index contributed by atoms with van der Waals surface area (Å²) >= 11 is 5.90. The lowest BCUT2D eigenvalue weighted by Crippen LogP contribution is -2.04. The van der Waals surface area contributed by atoms with E-state index in [0.29, 0.717) is 30.0 Å². The first-order valence-electron chi connectivity index (χ1n) is 6.04. The van der Waals surface area contributed by atoms with Crippen LogP contribution < -0.4 is 0 Å². The second-order valence-electron chi connectivity index (χ2n) is 4.36. The quantitative estimate of drug-likeness (QED) is 0.784. The Bertz CT molecular complexity index is 558. The SMILES string of the molecule is Cc1nn(CCCC(=O)c2ccc(F)cc2)cc1Cl. The van der Waals surface area contributed by atoms with E-state index in [1.54, 1.807) is 10.9 Å². The van der Waals surface area contributed by atoms with E-state index in [1.807, 2.05) is 6.92 Å². The normalized spacial score (nSPS) is 10.7. The fourth-order valence-corrected chi connectivity index (χ4v) is 1.94. The minimum atomic E-state index is -0.335. The molecule has 2 aromatic rings. The zero-order valence-corrected chi connectivity index (χ0v) is 11.3. The number of aryl methyl sites for hydroxylation is 2. The summed E-state index contributed by atoms with van der Waals surface area (Å²) in [7, 11) is 0. The van der Waals surface area contributed by atoms with Crippen molar-refractivity contribution in [3.63, 3.8) is 0 Å². The van der Waals surface area contributed by atoms with E-state index in [4.69, 9.17) is 11.6 Å². The van der Waals surface area contributed by atoms with E-state index in [0.717, 1.165) is 5.69 Å². The Morgan fingerprint density at radius 2 is 2.05 bits per heavy atom. The highest BCUT2D eigenvalue weighted by atomic mass is 35.5. The van der Waals surface area contributed by atoms with E-state index >= 15 is 0 Å². The summed E-state index contributed by atoms with van der Waals surface area (Å²) in [5, 5.41) is 4.84. The summed E-state index contributed by atoms with van der Waals surface area (Å²) in [6.45, 7) is 2.48. The first-order valence-corrected chi connectivity index (χ1v) is 6.42. The highest BCUT2D eigenvalue weighted by Gasteiger charge is 2.07. The Balaban J connectivity index is 1.85. The van der Waals surface area contributed by atoms with Gasteiger partial charge in [0.15, 0.2) is 5.78 Å². The van der Waals surface area contributed by atoms with E-state index in [9.17, 15) is 9.18 Å². The molecule has 0 unspecified atom stereocenters. The average molecular weight is 281 g/mol. The Kier molecular flexibility index (Phi) is 4.32. The van der Waals surface area contributed by atoms with Crippen LogP contribution in [0.3, 0.4) is 0 Å². The van der Waals surface area contributed by atoms with Gasteiger partial charge in [0.25, 0.3) is 0 Å². The Labute approximate surface area is 116 Å². The third-order valence-electron chi connectivity index (χ3n) is 2.84. The topological polar surface area (TPSA) is 34.9 Å². The number of carbonyl (C=O) groups excluding carboxylic acids is 1. The second kappa shape index (κ2) is 5.97. The molecule has 0 aliphatic heterocycles. The van der Waals surface area contributed by atoms with Gasteiger partial charge in [0, 0.05) is 24.7 Å². The van der Waals surface area contributed by atoms with Crippen LogP contribution in [0, 0.1) is 12.7 Å². The number of rotatable bonds is 5. The van der Waals surface area contributed by atoms with Gasteiger partial charge in [-0.05, 0) is 37.6 Å². The van der Waals surface area contributed by atoms with E-state index in [2.05, 4.69) is 5.10 Å². The third-order valence-corrected chi connectivity index (χ3v) is 3.21. The number of Topliss-reactive ketones (excluding diaryl/α,β-unsaturated/α-hetero) is 1. The van der Waals surface area contributed by atoms with Crippen LogP contribution in [0.1, 0.15) is 28.9 Å². The monoisotopic (exact) mass is 280 g/mol. The standard InChI is InChI=1S/C14H14ClFN2O/c1-10-13(15)9-18(17-10)8-2-3-14(19)11-4-6-12(16)7-5-11/h4-7,9H,2-3,8H2,1H3. The molecule has 0 atom stereocenters. The minimum absolute atomic E-state index is 0.00924. The molecule has 0 fully saturated rings. The second-order valence-corrected chi connectivity index (χ2v) is 4.77. The lowest BCUT2D eigenvalue weighted by molar-refractivity contribution is 0.0978. The van der Waals surface area contributed by atoms with Crippen molar-refractivity contribution in [2.45, 2.75) is 26.3 Å². The van der Waals surface area contributed by atoms with Gasteiger partial charge in [-0.25, -0.2) is 4.39 Å². The van der Waals surface area contributed by atoms with Gasteiger partial charge in [0.2, 0.25) is 0 Å². The maximum Gasteiger partial charge on any atom is 0.162 e. The summed E-state index contributed by atoms with van der Waals surface area (Å²) < 4.78 is 14.5. The molecule has 1 aromatic carbocycles. The molecule has 0 aliphatic rings. The third kappa shape index (κ3) is 3.64. The number of hydrogen-bond donors (Lipinski definition) is 0. The lowest BCUT2D eigenvalue weighted by atomic mass is 10.1. The summed E-state index contributed by atoms with van der Waals surface area (Å²) in [4.78, 5) is 11.8. The molecule has 5 heteroatoms. The van der Waals surface area contributed by atoms with Gasteiger partial charge in [0.1, 0.15) is 5.82 Å². The zero-order valence-electron chi connectivity index (χ0n) is 10.6. The van der Waals surface area contributed by atoms with Crippen LogP contribution in [0.5, 0.6) is 0 Å². The maximum atomic E-state index is 12.7. The average Bonchev–Trinajstić information content (AvgIpc) is 2.69. The van der Waals surface area contributed by atoms with Gasteiger partial charge in [-0.1, -0.05) is 11.6 Å². The van der Waals surface area contributed by atoms with Gasteiger partial charge in [-0.2, -0.15) is 5.10 Å². The molecular weight excluding hydrogens is 267 g/mol. The van der Waals surface area contributed by atoms with Gasteiger partial charge >= 0.3 is 0 Å². The molecule has 2 rings (SSSR count). The van der Waals surface area contributed by atoms with Crippen LogP contribution in [0.25, 0.3) is 0 Å². The summed E-state index contributed by atoms with van der Waals surface area (Å²) in [5.74, 6) is -0.326. The molecule has 0 bridgehead atoms. The molecule has 0 saturated carbocycles. The fourth-order valence-electron chi connectivity index (χ4n) is 1.79. The Morgan fingerprint density at radius 3 is 2.63 bits per heavy atom.